The lowest BCUT2D eigenvalue weighted by atomic mass is 10.1. The van der Waals surface area contributed by atoms with Crippen molar-refractivity contribution >= 4 is 0 Å². The number of ether oxygens (including phenoxy) is 3. The highest BCUT2D eigenvalue weighted by Crippen LogP contribution is 2.33. The van der Waals surface area contributed by atoms with E-state index in [1.807, 2.05) is 12.1 Å². The fourth-order valence-corrected chi connectivity index (χ4v) is 1.59. The maximum atomic E-state index is 5.33. The van der Waals surface area contributed by atoms with Crippen molar-refractivity contribution < 1.29 is 19.0 Å². The summed E-state index contributed by atoms with van der Waals surface area (Å²) in [7, 11) is 4.81. The molecule has 0 saturated carbocycles. The van der Waals surface area contributed by atoms with Gasteiger partial charge in [-0.2, -0.15) is 0 Å². The minimum absolute atomic E-state index is 0.282. The van der Waals surface area contributed by atoms with Crippen LogP contribution in [0.25, 0.3) is 0 Å². The number of benzene rings is 1. The lowest BCUT2D eigenvalue weighted by Crippen LogP contribution is -2.05. The largest absolute Gasteiger partial charge is 0.496 e. The number of nitrogens with two attached hydrogens (primary N) is 1. The highest BCUT2D eigenvalue weighted by molar-refractivity contribution is 5.49. The van der Waals surface area contributed by atoms with Gasteiger partial charge in [0.25, 0.3) is 0 Å². The molecule has 0 bridgehead atoms. The van der Waals surface area contributed by atoms with Crippen molar-refractivity contribution in [2.24, 2.45) is 5.90 Å². The van der Waals surface area contributed by atoms with Gasteiger partial charge in [-0.3, -0.25) is 4.84 Å². The van der Waals surface area contributed by atoms with Crippen molar-refractivity contribution in [3.05, 3.63) is 23.3 Å². The minimum atomic E-state index is 0.282. The monoisotopic (exact) mass is 227 g/mol. The van der Waals surface area contributed by atoms with E-state index >= 15 is 0 Å². The first kappa shape index (κ1) is 12.8. The summed E-state index contributed by atoms with van der Waals surface area (Å²) in [6, 6.07) is 3.69. The van der Waals surface area contributed by atoms with Crippen LogP contribution in [0.4, 0.5) is 0 Å². The van der Waals surface area contributed by atoms with Gasteiger partial charge in [0.15, 0.2) is 0 Å². The topological polar surface area (TPSA) is 62.9 Å². The van der Waals surface area contributed by atoms with Crippen LogP contribution in [0.1, 0.15) is 11.1 Å². The van der Waals surface area contributed by atoms with Gasteiger partial charge in [-0.05, 0) is 12.1 Å². The molecule has 0 fully saturated rings. The molecule has 0 unspecified atom stereocenters. The Balaban J connectivity index is 3.19. The summed E-state index contributed by atoms with van der Waals surface area (Å²) < 4.78 is 15.7. The standard InChI is InChI=1S/C11H17NO4/c1-13-7-9-10(14-2)5-4-8(6-16-12)11(9)15-3/h4-5H,6-7,12H2,1-3H3. The van der Waals surface area contributed by atoms with E-state index in [0.717, 1.165) is 16.9 Å². The van der Waals surface area contributed by atoms with Crippen molar-refractivity contribution in [3.8, 4) is 11.5 Å². The molecule has 0 atom stereocenters. The molecule has 16 heavy (non-hydrogen) atoms. The zero-order chi connectivity index (χ0) is 12.0. The normalized spacial score (nSPS) is 10.2. The molecule has 0 saturated heterocycles. The van der Waals surface area contributed by atoms with Crippen LogP contribution < -0.4 is 15.4 Å². The second-order valence-corrected chi connectivity index (χ2v) is 3.18. The smallest absolute Gasteiger partial charge is 0.133 e. The third-order valence-corrected chi connectivity index (χ3v) is 2.25. The molecule has 0 amide bonds. The Kier molecular flexibility index (Phi) is 5.04. The van der Waals surface area contributed by atoms with E-state index in [9.17, 15) is 0 Å². The molecule has 0 radical (unpaired) electrons. The maximum absolute atomic E-state index is 5.33. The van der Waals surface area contributed by atoms with Crippen molar-refractivity contribution in [1.82, 2.24) is 0 Å². The van der Waals surface area contributed by atoms with Gasteiger partial charge in [-0.1, -0.05) is 0 Å². The molecular weight excluding hydrogens is 210 g/mol. The molecule has 2 N–H and O–H groups in total. The van der Waals surface area contributed by atoms with E-state index in [1.165, 1.54) is 0 Å². The van der Waals surface area contributed by atoms with Crippen LogP contribution in [0.15, 0.2) is 12.1 Å². The predicted molar refractivity (Wildman–Crippen MR) is 59.2 cm³/mol. The molecule has 5 heteroatoms. The third-order valence-electron chi connectivity index (χ3n) is 2.25. The Morgan fingerprint density at radius 2 is 1.81 bits per heavy atom. The van der Waals surface area contributed by atoms with E-state index in [2.05, 4.69) is 4.84 Å². The van der Waals surface area contributed by atoms with E-state index in [4.69, 9.17) is 20.1 Å². The lowest BCUT2D eigenvalue weighted by molar-refractivity contribution is 0.121. The summed E-state index contributed by atoms with van der Waals surface area (Å²) in [6.45, 7) is 0.689. The first-order chi connectivity index (χ1) is 7.78. The average Bonchev–Trinajstić information content (AvgIpc) is 2.30. The van der Waals surface area contributed by atoms with E-state index in [1.54, 1.807) is 21.3 Å². The molecule has 0 aromatic heterocycles. The Morgan fingerprint density at radius 3 is 2.31 bits per heavy atom. The van der Waals surface area contributed by atoms with Gasteiger partial charge in [0, 0.05) is 12.7 Å². The van der Waals surface area contributed by atoms with Crippen LogP contribution in [-0.2, 0) is 22.8 Å². The summed E-state index contributed by atoms with van der Waals surface area (Å²) in [4.78, 5) is 4.62. The Bertz CT molecular complexity index is 341. The van der Waals surface area contributed by atoms with E-state index in [0.29, 0.717) is 12.4 Å². The molecule has 90 valence electrons. The number of rotatable bonds is 6. The SMILES string of the molecule is COCc1c(OC)ccc(CON)c1OC. The zero-order valence-electron chi connectivity index (χ0n) is 9.78. The Morgan fingerprint density at radius 1 is 1.06 bits per heavy atom. The molecule has 1 aromatic rings. The minimum Gasteiger partial charge on any atom is -0.496 e. The summed E-state index contributed by atoms with van der Waals surface area (Å²) in [5.41, 5.74) is 1.71. The van der Waals surface area contributed by atoms with E-state index in [-0.39, 0.29) is 6.61 Å². The average molecular weight is 227 g/mol. The summed E-state index contributed by atoms with van der Waals surface area (Å²) in [6.07, 6.45) is 0. The third kappa shape index (κ3) is 2.63. The van der Waals surface area contributed by atoms with Gasteiger partial charge in [0.05, 0.1) is 33.0 Å². The maximum Gasteiger partial charge on any atom is 0.133 e. The number of hydrogen-bond acceptors (Lipinski definition) is 5. The highest BCUT2D eigenvalue weighted by Gasteiger charge is 2.14. The first-order valence-electron chi connectivity index (χ1n) is 4.81. The van der Waals surface area contributed by atoms with Crippen LogP contribution in [0, 0.1) is 0 Å². The molecule has 0 heterocycles. The van der Waals surface area contributed by atoms with Gasteiger partial charge in [-0.25, -0.2) is 5.90 Å². The molecule has 1 aromatic carbocycles. The van der Waals surface area contributed by atoms with Gasteiger partial charge in [0.2, 0.25) is 0 Å². The van der Waals surface area contributed by atoms with E-state index < -0.39 is 0 Å². The van der Waals surface area contributed by atoms with Crippen molar-refractivity contribution in [2.45, 2.75) is 13.2 Å². The second-order valence-electron chi connectivity index (χ2n) is 3.18. The molecule has 1 rings (SSSR count). The van der Waals surface area contributed by atoms with Gasteiger partial charge in [0.1, 0.15) is 11.5 Å². The Labute approximate surface area is 95.0 Å². The van der Waals surface area contributed by atoms with Crippen molar-refractivity contribution in [3.63, 3.8) is 0 Å². The summed E-state index contributed by atoms with van der Waals surface area (Å²) in [5.74, 6) is 6.47. The van der Waals surface area contributed by atoms with Crippen LogP contribution in [0.2, 0.25) is 0 Å². The van der Waals surface area contributed by atoms with Crippen LogP contribution in [0.3, 0.4) is 0 Å². The highest BCUT2D eigenvalue weighted by atomic mass is 16.6. The van der Waals surface area contributed by atoms with Gasteiger partial charge >= 0.3 is 0 Å². The van der Waals surface area contributed by atoms with Crippen LogP contribution in [-0.4, -0.2) is 21.3 Å². The predicted octanol–water partition coefficient (Wildman–Crippen LogP) is 1.24. The number of hydrogen-bond donors (Lipinski definition) is 1. The molecule has 5 nitrogen and oxygen atoms in total. The molecule has 0 aliphatic rings. The molecule has 0 aliphatic heterocycles. The van der Waals surface area contributed by atoms with Crippen molar-refractivity contribution in [1.29, 1.82) is 0 Å². The van der Waals surface area contributed by atoms with Crippen LogP contribution >= 0.6 is 0 Å². The quantitative estimate of drug-likeness (QED) is 0.741. The fraction of sp³-hybridized carbons (Fsp3) is 0.455. The molecular formula is C11H17NO4. The van der Waals surface area contributed by atoms with Crippen LogP contribution in [0.5, 0.6) is 11.5 Å². The Hall–Kier alpha value is -1.30. The van der Waals surface area contributed by atoms with Gasteiger partial charge < -0.3 is 14.2 Å². The lowest BCUT2D eigenvalue weighted by Gasteiger charge is -2.15. The zero-order valence-corrected chi connectivity index (χ0v) is 9.78. The fourth-order valence-electron chi connectivity index (χ4n) is 1.59. The van der Waals surface area contributed by atoms with Gasteiger partial charge in [-0.15, -0.1) is 0 Å². The van der Waals surface area contributed by atoms with Crippen molar-refractivity contribution in [2.75, 3.05) is 21.3 Å². The first-order valence-corrected chi connectivity index (χ1v) is 4.81. The second kappa shape index (κ2) is 6.32. The number of methoxy groups -OCH3 is 3. The molecule has 0 spiro atoms. The molecule has 0 aliphatic carbocycles. The summed E-state index contributed by atoms with van der Waals surface area (Å²) >= 11 is 0. The summed E-state index contributed by atoms with van der Waals surface area (Å²) in [5, 5.41) is 0.